The first kappa shape index (κ1) is 23.8. The number of methoxy groups -OCH3 is 1. The first-order chi connectivity index (χ1) is 16.4. The van der Waals surface area contributed by atoms with Gasteiger partial charge in [-0.25, -0.2) is 8.42 Å². The van der Waals surface area contributed by atoms with E-state index in [9.17, 15) is 13.2 Å². The molecular weight excluding hydrogens is 448 g/mol. The number of carbonyl (C=O) groups excluding carboxylic acids is 1. The number of sulfonamides is 1. The largest absolute Gasteiger partial charge is 0.497 e. The molecule has 4 rings (SSSR count). The molecule has 0 bridgehead atoms. The Morgan fingerprint density at radius 3 is 2.47 bits per heavy atom. The number of ether oxygens (including phenoxy) is 1. The van der Waals surface area contributed by atoms with E-state index in [-0.39, 0.29) is 23.4 Å². The van der Waals surface area contributed by atoms with Crippen molar-refractivity contribution in [2.45, 2.75) is 43.5 Å². The van der Waals surface area contributed by atoms with Gasteiger partial charge in [-0.1, -0.05) is 43.3 Å². The number of fused-ring (bicyclic) bond motifs is 1. The molecule has 1 atom stereocenters. The van der Waals surface area contributed by atoms with E-state index in [0.717, 1.165) is 48.1 Å². The molecule has 6 nitrogen and oxygen atoms in total. The van der Waals surface area contributed by atoms with Crippen molar-refractivity contribution in [1.82, 2.24) is 5.32 Å². The lowest BCUT2D eigenvalue weighted by Gasteiger charge is -2.29. The van der Waals surface area contributed by atoms with E-state index < -0.39 is 10.0 Å². The molecule has 0 fully saturated rings. The van der Waals surface area contributed by atoms with Gasteiger partial charge in [0.05, 0.1) is 23.7 Å². The molecule has 1 aliphatic rings. The number of amides is 1. The highest BCUT2D eigenvalue weighted by Crippen LogP contribution is 2.32. The predicted octanol–water partition coefficient (Wildman–Crippen LogP) is 4.65. The van der Waals surface area contributed by atoms with Crippen LogP contribution < -0.4 is 14.4 Å². The SMILES string of the molecule is CCc1ccc(N(CC(=O)NC2CCCc3cc(OC)ccc32)S(=O)(=O)c2ccccc2)cc1. The van der Waals surface area contributed by atoms with Gasteiger partial charge in [0, 0.05) is 0 Å². The maximum atomic E-state index is 13.5. The molecule has 0 saturated carbocycles. The van der Waals surface area contributed by atoms with Crippen molar-refractivity contribution >= 4 is 21.6 Å². The van der Waals surface area contributed by atoms with Gasteiger partial charge in [-0.15, -0.1) is 0 Å². The first-order valence-corrected chi connectivity index (χ1v) is 13.0. The topological polar surface area (TPSA) is 75.7 Å². The van der Waals surface area contributed by atoms with E-state index in [1.807, 2.05) is 37.3 Å². The lowest BCUT2D eigenvalue weighted by molar-refractivity contribution is -0.120. The van der Waals surface area contributed by atoms with Crippen molar-refractivity contribution in [2.75, 3.05) is 18.0 Å². The fourth-order valence-electron chi connectivity index (χ4n) is 4.37. The highest BCUT2D eigenvalue weighted by molar-refractivity contribution is 7.92. The molecule has 0 radical (unpaired) electrons. The summed E-state index contributed by atoms with van der Waals surface area (Å²) in [7, 11) is -2.29. The van der Waals surface area contributed by atoms with Crippen molar-refractivity contribution < 1.29 is 17.9 Å². The van der Waals surface area contributed by atoms with Crippen LogP contribution >= 0.6 is 0 Å². The molecule has 178 valence electrons. The third kappa shape index (κ3) is 5.09. The Labute approximate surface area is 201 Å². The van der Waals surface area contributed by atoms with Crippen molar-refractivity contribution in [2.24, 2.45) is 0 Å². The highest BCUT2D eigenvalue weighted by atomic mass is 32.2. The number of hydrogen-bond donors (Lipinski definition) is 1. The van der Waals surface area contributed by atoms with Crippen LogP contribution in [0.4, 0.5) is 5.69 Å². The van der Waals surface area contributed by atoms with Crippen molar-refractivity contribution in [1.29, 1.82) is 0 Å². The molecule has 0 aromatic heterocycles. The molecule has 1 aliphatic carbocycles. The first-order valence-electron chi connectivity index (χ1n) is 11.5. The van der Waals surface area contributed by atoms with Crippen LogP contribution in [0.3, 0.4) is 0 Å². The summed E-state index contributed by atoms with van der Waals surface area (Å²) in [5.74, 6) is 0.453. The maximum Gasteiger partial charge on any atom is 0.264 e. The Balaban J connectivity index is 1.60. The molecule has 0 aliphatic heterocycles. The number of carbonyl (C=O) groups is 1. The van der Waals surface area contributed by atoms with Crippen molar-refractivity contribution in [3.63, 3.8) is 0 Å². The van der Waals surface area contributed by atoms with Crippen LogP contribution in [0.25, 0.3) is 0 Å². The van der Waals surface area contributed by atoms with Crippen LogP contribution in [0.15, 0.2) is 77.7 Å². The van der Waals surface area contributed by atoms with Gasteiger partial charge in [0.25, 0.3) is 10.0 Å². The van der Waals surface area contributed by atoms with Gasteiger partial charge in [0.2, 0.25) is 5.91 Å². The standard InChI is InChI=1S/C27H30N2O4S/c1-3-20-12-14-22(15-13-20)29(34(31,32)24-9-5-4-6-10-24)19-27(30)28-26-11-7-8-21-18-23(33-2)16-17-25(21)26/h4-6,9-10,12-18,26H,3,7-8,11,19H2,1-2H3,(H,28,30). The monoisotopic (exact) mass is 478 g/mol. The minimum Gasteiger partial charge on any atom is -0.497 e. The Kier molecular flexibility index (Phi) is 7.22. The van der Waals surface area contributed by atoms with Crippen LogP contribution in [-0.2, 0) is 27.7 Å². The molecule has 0 saturated heterocycles. The van der Waals surface area contributed by atoms with Crippen LogP contribution in [0.2, 0.25) is 0 Å². The second kappa shape index (κ2) is 10.3. The molecule has 34 heavy (non-hydrogen) atoms. The Bertz CT molecular complexity index is 1240. The average Bonchev–Trinajstić information content (AvgIpc) is 2.87. The normalized spacial score (nSPS) is 15.3. The zero-order valence-electron chi connectivity index (χ0n) is 19.5. The van der Waals surface area contributed by atoms with Crippen LogP contribution in [0.5, 0.6) is 5.75 Å². The van der Waals surface area contributed by atoms with E-state index in [1.54, 1.807) is 49.6 Å². The third-order valence-electron chi connectivity index (χ3n) is 6.25. The lowest BCUT2D eigenvalue weighted by Crippen LogP contribution is -2.42. The summed E-state index contributed by atoms with van der Waals surface area (Å²) in [4.78, 5) is 13.3. The number of aryl methyl sites for hydroxylation is 2. The van der Waals surface area contributed by atoms with E-state index in [2.05, 4.69) is 5.32 Å². The van der Waals surface area contributed by atoms with Gasteiger partial charge in [-0.3, -0.25) is 9.10 Å². The zero-order chi connectivity index (χ0) is 24.1. The quantitative estimate of drug-likeness (QED) is 0.512. The molecule has 1 N–H and O–H groups in total. The number of nitrogens with one attached hydrogen (secondary N) is 1. The van der Waals surface area contributed by atoms with Crippen molar-refractivity contribution in [3.8, 4) is 5.75 Å². The van der Waals surface area contributed by atoms with Gasteiger partial charge >= 0.3 is 0 Å². The summed E-state index contributed by atoms with van der Waals surface area (Å²) < 4.78 is 33.6. The molecule has 3 aromatic rings. The highest BCUT2D eigenvalue weighted by Gasteiger charge is 2.29. The molecule has 1 unspecified atom stereocenters. The van der Waals surface area contributed by atoms with E-state index in [4.69, 9.17) is 4.74 Å². The number of anilines is 1. The van der Waals surface area contributed by atoms with E-state index in [0.29, 0.717) is 5.69 Å². The van der Waals surface area contributed by atoms with Crippen LogP contribution in [0.1, 0.15) is 42.5 Å². The van der Waals surface area contributed by atoms with Gasteiger partial charge in [-0.05, 0) is 78.8 Å². The molecular formula is C27H30N2O4S. The summed E-state index contributed by atoms with van der Waals surface area (Å²) in [6.45, 7) is 1.74. The predicted molar refractivity (Wildman–Crippen MR) is 134 cm³/mol. The van der Waals surface area contributed by atoms with E-state index in [1.165, 1.54) is 4.31 Å². The molecule has 7 heteroatoms. The van der Waals surface area contributed by atoms with Gasteiger partial charge in [0.1, 0.15) is 12.3 Å². The molecule has 1 amide bonds. The fourth-order valence-corrected chi connectivity index (χ4v) is 5.81. The zero-order valence-corrected chi connectivity index (χ0v) is 20.3. The molecule has 0 heterocycles. The molecule has 0 spiro atoms. The Hall–Kier alpha value is -3.32. The summed E-state index contributed by atoms with van der Waals surface area (Å²) in [5.41, 5.74) is 3.77. The molecule has 3 aromatic carbocycles. The number of rotatable bonds is 8. The van der Waals surface area contributed by atoms with Gasteiger partial charge in [0.15, 0.2) is 0 Å². The van der Waals surface area contributed by atoms with Gasteiger partial charge < -0.3 is 10.1 Å². The minimum atomic E-state index is -3.92. The van der Waals surface area contributed by atoms with E-state index >= 15 is 0 Å². The van der Waals surface area contributed by atoms with Crippen LogP contribution in [0, 0.1) is 0 Å². The summed E-state index contributed by atoms with van der Waals surface area (Å²) in [6.07, 6.45) is 3.52. The maximum absolute atomic E-state index is 13.5. The summed E-state index contributed by atoms with van der Waals surface area (Å²) >= 11 is 0. The second-order valence-corrected chi connectivity index (χ2v) is 10.3. The Morgan fingerprint density at radius 1 is 1.06 bits per heavy atom. The fraction of sp³-hybridized carbons (Fsp3) is 0.296. The lowest BCUT2D eigenvalue weighted by atomic mass is 9.87. The third-order valence-corrected chi connectivity index (χ3v) is 8.04. The van der Waals surface area contributed by atoms with Gasteiger partial charge in [-0.2, -0.15) is 0 Å². The van der Waals surface area contributed by atoms with Crippen molar-refractivity contribution in [3.05, 3.63) is 89.5 Å². The summed E-state index contributed by atoms with van der Waals surface area (Å²) in [6, 6.07) is 21.3. The number of benzene rings is 3. The number of hydrogen-bond acceptors (Lipinski definition) is 4. The second-order valence-electron chi connectivity index (χ2n) is 8.42. The summed E-state index contributed by atoms with van der Waals surface area (Å²) in [5, 5.41) is 3.07. The smallest absolute Gasteiger partial charge is 0.264 e. The number of nitrogens with zero attached hydrogens (tertiary/aromatic N) is 1. The minimum absolute atomic E-state index is 0.150. The van der Waals surface area contributed by atoms with Crippen LogP contribution in [-0.4, -0.2) is 28.0 Å². The Morgan fingerprint density at radius 2 is 1.79 bits per heavy atom. The average molecular weight is 479 g/mol.